The lowest BCUT2D eigenvalue weighted by Gasteiger charge is -2.05. The van der Waals surface area contributed by atoms with Gasteiger partial charge >= 0.3 is 5.69 Å². The zero-order valence-corrected chi connectivity index (χ0v) is 11.3. The van der Waals surface area contributed by atoms with Crippen LogP contribution in [-0.4, -0.2) is 14.1 Å². The van der Waals surface area contributed by atoms with Gasteiger partial charge in [0.25, 0.3) is 5.69 Å². The molecule has 1 aromatic carbocycles. The van der Waals surface area contributed by atoms with Gasteiger partial charge in [0.05, 0.1) is 11.5 Å². The summed E-state index contributed by atoms with van der Waals surface area (Å²) in [5.41, 5.74) is 0.436. The lowest BCUT2D eigenvalue weighted by atomic mass is 10.2. The number of hydrogen-bond donors (Lipinski definition) is 0. The standard InChI is InChI=1S/C13H12ClN3O3/c14-12-4-3-11(17(19)20)7-9(12)8-15-5-6-16(13(15)18)10-1-2-10/h3-7,10H,1-2,8H2. The molecule has 1 aliphatic rings. The Labute approximate surface area is 119 Å². The van der Waals surface area contributed by atoms with Crippen molar-refractivity contribution in [3.63, 3.8) is 0 Å². The van der Waals surface area contributed by atoms with Crippen LogP contribution in [0.1, 0.15) is 24.4 Å². The zero-order chi connectivity index (χ0) is 14.3. The smallest absolute Gasteiger partial charge is 0.296 e. The Bertz CT molecular complexity index is 731. The van der Waals surface area contributed by atoms with Gasteiger partial charge in [-0.3, -0.25) is 19.2 Å². The molecule has 0 aliphatic heterocycles. The van der Waals surface area contributed by atoms with Gasteiger partial charge in [-0.15, -0.1) is 0 Å². The lowest BCUT2D eigenvalue weighted by Crippen LogP contribution is -2.23. The molecule has 0 spiro atoms. The quantitative estimate of drug-likeness (QED) is 0.642. The number of rotatable bonds is 4. The van der Waals surface area contributed by atoms with Crippen molar-refractivity contribution < 1.29 is 4.92 Å². The van der Waals surface area contributed by atoms with Crippen molar-refractivity contribution in [2.45, 2.75) is 25.4 Å². The topological polar surface area (TPSA) is 70.1 Å². The van der Waals surface area contributed by atoms with Crippen molar-refractivity contribution in [3.05, 3.63) is 61.8 Å². The van der Waals surface area contributed by atoms with Gasteiger partial charge in [-0.2, -0.15) is 0 Å². The first-order valence-corrected chi connectivity index (χ1v) is 6.64. The van der Waals surface area contributed by atoms with E-state index in [1.54, 1.807) is 17.0 Å². The maximum Gasteiger partial charge on any atom is 0.328 e. The average molecular weight is 294 g/mol. The molecular weight excluding hydrogens is 282 g/mol. The second kappa shape index (κ2) is 4.79. The van der Waals surface area contributed by atoms with Crippen LogP contribution in [0.3, 0.4) is 0 Å². The van der Waals surface area contributed by atoms with Crippen molar-refractivity contribution in [1.82, 2.24) is 9.13 Å². The molecule has 3 rings (SSSR count). The Hall–Kier alpha value is -2.08. The molecule has 104 valence electrons. The number of benzene rings is 1. The van der Waals surface area contributed by atoms with Gasteiger partial charge in [0, 0.05) is 35.6 Å². The van der Waals surface area contributed by atoms with Gasteiger partial charge in [0.2, 0.25) is 0 Å². The first-order valence-electron chi connectivity index (χ1n) is 6.26. The highest BCUT2D eigenvalue weighted by Gasteiger charge is 2.25. The van der Waals surface area contributed by atoms with E-state index in [0.717, 1.165) is 12.8 Å². The number of nitrogens with zero attached hydrogens (tertiary/aromatic N) is 3. The maximum atomic E-state index is 12.1. The van der Waals surface area contributed by atoms with E-state index in [-0.39, 0.29) is 17.9 Å². The molecule has 1 heterocycles. The Kier molecular flexibility index (Phi) is 3.10. The van der Waals surface area contributed by atoms with Crippen LogP contribution < -0.4 is 5.69 Å². The van der Waals surface area contributed by atoms with Crippen molar-refractivity contribution >= 4 is 17.3 Å². The van der Waals surface area contributed by atoms with Gasteiger partial charge in [-0.05, 0) is 24.5 Å². The summed E-state index contributed by atoms with van der Waals surface area (Å²) in [6.45, 7) is 0.235. The number of aromatic nitrogens is 2. The molecule has 1 aromatic heterocycles. The van der Waals surface area contributed by atoms with Crippen LogP contribution in [0, 0.1) is 10.1 Å². The predicted octanol–water partition coefficient (Wildman–Crippen LogP) is 2.59. The highest BCUT2D eigenvalue weighted by atomic mass is 35.5. The van der Waals surface area contributed by atoms with Gasteiger partial charge in [-0.1, -0.05) is 11.6 Å². The van der Waals surface area contributed by atoms with E-state index in [2.05, 4.69) is 0 Å². The van der Waals surface area contributed by atoms with Crippen molar-refractivity contribution in [2.75, 3.05) is 0 Å². The van der Waals surface area contributed by atoms with E-state index >= 15 is 0 Å². The molecule has 0 bridgehead atoms. The summed E-state index contributed by atoms with van der Waals surface area (Å²) >= 11 is 6.04. The van der Waals surface area contributed by atoms with Crippen LogP contribution in [0.2, 0.25) is 5.02 Å². The molecule has 0 unspecified atom stereocenters. The fraction of sp³-hybridized carbons (Fsp3) is 0.308. The first kappa shape index (κ1) is 12.9. The van der Waals surface area contributed by atoms with Crippen LogP contribution in [0.25, 0.3) is 0 Å². The van der Waals surface area contributed by atoms with E-state index in [1.165, 1.54) is 22.8 Å². The summed E-state index contributed by atoms with van der Waals surface area (Å²) in [6, 6.07) is 4.55. The van der Waals surface area contributed by atoms with Gasteiger partial charge in [0.1, 0.15) is 0 Å². The molecule has 1 aliphatic carbocycles. The van der Waals surface area contributed by atoms with Crippen LogP contribution in [0.4, 0.5) is 5.69 Å². The van der Waals surface area contributed by atoms with Crippen molar-refractivity contribution in [3.8, 4) is 0 Å². The Balaban J connectivity index is 1.92. The van der Waals surface area contributed by atoms with Gasteiger partial charge < -0.3 is 0 Å². The largest absolute Gasteiger partial charge is 0.328 e. The van der Waals surface area contributed by atoms with Crippen LogP contribution in [-0.2, 0) is 6.54 Å². The van der Waals surface area contributed by atoms with E-state index in [9.17, 15) is 14.9 Å². The molecular formula is C13H12ClN3O3. The number of nitro benzene ring substituents is 1. The second-order valence-corrected chi connectivity index (χ2v) is 5.29. The third kappa shape index (κ3) is 2.34. The minimum absolute atomic E-state index is 0.0286. The predicted molar refractivity (Wildman–Crippen MR) is 74.2 cm³/mol. The molecule has 1 saturated carbocycles. The van der Waals surface area contributed by atoms with Crippen LogP contribution >= 0.6 is 11.6 Å². The number of hydrogen-bond acceptors (Lipinski definition) is 3. The van der Waals surface area contributed by atoms with Crippen LogP contribution in [0.5, 0.6) is 0 Å². The fourth-order valence-corrected chi connectivity index (χ4v) is 2.34. The zero-order valence-electron chi connectivity index (χ0n) is 10.5. The van der Waals surface area contributed by atoms with E-state index in [4.69, 9.17) is 11.6 Å². The van der Waals surface area contributed by atoms with Gasteiger partial charge in [-0.25, -0.2) is 4.79 Å². The molecule has 6 nitrogen and oxygen atoms in total. The maximum absolute atomic E-state index is 12.1. The normalized spacial score (nSPS) is 14.4. The van der Waals surface area contributed by atoms with Crippen molar-refractivity contribution in [1.29, 1.82) is 0 Å². The summed E-state index contributed by atoms with van der Waals surface area (Å²) < 4.78 is 3.22. The van der Waals surface area contributed by atoms with Crippen LogP contribution in [0.15, 0.2) is 35.4 Å². The van der Waals surface area contributed by atoms with E-state index < -0.39 is 4.92 Å². The average Bonchev–Trinajstić information content (AvgIpc) is 3.18. The number of halogens is 1. The summed E-state index contributed by atoms with van der Waals surface area (Å²) in [4.78, 5) is 22.4. The molecule has 0 N–H and O–H groups in total. The first-order chi connectivity index (χ1) is 9.56. The van der Waals surface area contributed by atoms with E-state index in [0.29, 0.717) is 16.6 Å². The molecule has 2 aromatic rings. The van der Waals surface area contributed by atoms with E-state index in [1.807, 2.05) is 0 Å². The Morgan fingerprint density at radius 2 is 2.10 bits per heavy atom. The minimum Gasteiger partial charge on any atom is -0.296 e. The fourth-order valence-electron chi connectivity index (χ4n) is 2.16. The third-order valence-electron chi connectivity index (χ3n) is 3.39. The SMILES string of the molecule is O=c1n(Cc2cc([N+](=O)[O-])ccc2Cl)ccn1C1CC1. The molecule has 0 atom stereocenters. The lowest BCUT2D eigenvalue weighted by molar-refractivity contribution is -0.384. The molecule has 7 heteroatoms. The third-order valence-corrected chi connectivity index (χ3v) is 3.76. The van der Waals surface area contributed by atoms with Gasteiger partial charge in [0.15, 0.2) is 0 Å². The Morgan fingerprint density at radius 1 is 1.35 bits per heavy atom. The number of non-ortho nitro benzene ring substituents is 1. The number of imidazole rings is 1. The summed E-state index contributed by atoms with van der Waals surface area (Å²) in [7, 11) is 0. The Morgan fingerprint density at radius 3 is 2.75 bits per heavy atom. The highest BCUT2D eigenvalue weighted by molar-refractivity contribution is 6.31. The summed E-state index contributed by atoms with van der Waals surface area (Å²) in [5.74, 6) is 0. The molecule has 20 heavy (non-hydrogen) atoms. The monoisotopic (exact) mass is 293 g/mol. The second-order valence-electron chi connectivity index (χ2n) is 4.88. The molecule has 0 radical (unpaired) electrons. The summed E-state index contributed by atoms with van der Waals surface area (Å²) in [6.07, 6.45) is 5.50. The highest BCUT2D eigenvalue weighted by Crippen LogP contribution is 2.33. The minimum atomic E-state index is -0.474. The molecule has 1 fully saturated rings. The number of nitro groups is 1. The molecule has 0 amide bonds. The molecule has 0 saturated heterocycles. The summed E-state index contributed by atoms with van der Waals surface area (Å²) in [5, 5.41) is 11.2. The van der Waals surface area contributed by atoms with Crippen molar-refractivity contribution in [2.24, 2.45) is 0 Å².